The van der Waals surface area contributed by atoms with Crippen molar-refractivity contribution >= 4 is 5.97 Å². The summed E-state index contributed by atoms with van der Waals surface area (Å²) < 4.78 is 0. The van der Waals surface area contributed by atoms with Crippen LogP contribution in [0, 0.1) is 5.41 Å². The molecule has 2 atom stereocenters. The summed E-state index contributed by atoms with van der Waals surface area (Å²) in [4.78, 5) is 11.0. The molecule has 0 aliphatic heterocycles. The molecule has 0 saturated carbocycles. The Labute approximate surface area is 109 Å². The van der Waals surface area contributed by atoms with E-state index in [2.05, 4.69) is 26.1 Å². The average molecular weight is 249 g/mol. The van der Waals surface area contributed by atoms with Crippen LogP contribution in [0.25, 0.3) is 0 Å². The number of rotatable bonds is 5. The predicted octanol–water partition coefficient (Wildman–Crippen LogP) is 3.23. The lowest BCUT2D eigenvalue weighted by atomic mass is 9.85. The standard InChI is InChI=1S/C15H23NO2/c1-11(14(17)18)16-13(10-15(2,3)4)12-8-6-5-7-9-12/h5-9,11,13,16H,10H2,1-4H3,(H,17,18)/t11-,13?/m1/s1. The fourth-order valence-electron chi connectivity index (χ4n) is 1.94. The fraction of sp³-hybridized carbons (Fsp3) is 0.533. The van der Waals surface area contributed by atoms with Gasteiger partial charge in [-0.3, -0.25) is 10.1 Å². The number of benzene rings is 1. The van der Waals surface area contributed by atoms with Gasteiger partial charge in [-0.2, -0.15) is 0 Å². The van der Waals surface area contributed by atoms with Crippen molar-refractivity contribution in [3.63, 3.8) is 0 Å². The van der Waals surface area contributed by atoms with Crippen LogP contribution in [-0.4, -0.2) is 17.1 Å². The lowest BCUT2D eigenvalue weighted by Crippen LogP contribution is -2.38. The Morgan fingerprint density at radius 2 is 1.83 bits per heavy atom. The molecule has 1 rings (SSSR count). The molecular formula is C15H23NO2. The van der Waals surface area contributed by atoms with Crippen molar-refractivity contribution < 1.29 is 9.90 Å². The second-order valence-electron chi connectivity index (χ2n) is 5.95. The Bertz CT molecular complexity index is 381. The molecule has 1 aromatic carbocycles. The van der Waals surface area contributed by atoms with Crippen LogP contribution in [0.4, 0.5) is 0 Å². The molecule has 0 fully saturated rings. The maximum absolute atomic E-state index is 11.0. The molecule has 0 spiro atoms. The van der Waals surface area contributed by atoms with E-state index in [0.717, 1.165) is 12.0 Å². The summed E-state index contributed by atoms with van der Waals surface area (Å²) in [6.07, 6.45) is 0.897. The van der Waals surface area contributed by atoms with Gasteiger partial charge in [-0.15, -0.1) is 0 Å². The largest absolute Gasteiger partial charge is 0.480 e. The summed E-state index contributed by atoms with van der Waals surface area (Å²) in [5.41, 5.74) is 1.28. The minimum atomic E-state index is -0.815. The van der Waals surface area contributed by atoms with E-state index in [9.17, 15) is 4.79 Å². The smallest absolute Gasteiger partial charge is 0.320 e. The van der Waals surface area contributed by atoms with Crippen LogP contribution < -0.4 is 5.32 Å². The molecule has 1 unspecified atom stereocenters. The van der Waals surface area contributed by atoms with Crippen molar-refractivity contribution in [2.45, 2.75) is 46.2 Å². The summed E-state index contributed by atoms with van der Waals surface area (Å²) in [5, 5.41) is 12.2. The average Bonchev–Trinajstić information content (AvgIpc) is 2.27. The summed E-state index contributed by atoms with van der Waals surface area (Å²) in [6.45, 7) is 8.17. The normalized spacial score (nSPS) is 15.1. The minimum Gasteiger partial charge on any atom is -0.480 e. The van der Waals surface area contributed by atoms with Crippen molar-refractivity contribution in [2.75, 3.05) is 0 Å². The van der Waals surface area contributed by atoms with Crippen LogP contribution in [0.2, 0.25) is 0 Å². The molecule has 100 valence electrons. The second-order valence-corrected chi connectivity index (χ2v) is 5.95. The molecule has 0 radical (unpaired) electrons. The van der Waals surface area contributed by atoms with Gasteiger partial charge in [-0.25, -0.2) is 0 Å². The summed E-state index contributed by atoms with van der Waals surface area (Å²) in [7, 11) is 0. The maximum atomic E-state index is 11.0. The molecule has 0 saturated heterocycles. The third-order valence-corrected chi connectivity index (χ3v) is 2.84. The highest BCUT2D eigenvalue weighted by Crippen LogP contribution is 2.29. The zero-order valence-electron chi connectivity index (χ0n) is 11.6. The zero-order valence-corrected chi connectivity index (χ0v) is 11.6. The van der Waals surface area contributed by atoms with Gasteiger partial charge in [0.1, 0.15) is 6.04 Å². The number of nitrogens with one attached hydrogen (secondary N) is 1. The molecule has 0 amide bonds. The Morgan fingerprint density at radius 3 is 2.28 bits per heavy atom. The SMILES string of the molecule is C[C@@H](NC(CC(C)(C)C)c1ccccc1)C(=O)O. The molecule has 0 heterocycles. The lowest BCUT2D eigenvalue weighted by Gasteiger charge is -2.28. The summed E-state index contributed by atoms with van der Waals surface area (Å²) >= 11 is 0. The molecule has 0 aliphatic carbocycles. The van der Waals surface area contributed by atoms with E-state index in [1.807, 2.05) is 30.3 Å². The van der Waals surface area contributed by atoms with Crippen LogP contribution in [0.1, 0.15) is 45.7 Å². The first-order valence-electron chi connectivity index (χ1n) is 6.33. The van der Waals surface area contributed by atoms with Crippen LogP contribution in [0.5, 0.6) is 0 Å². The molecule has 3 nitrogen and oxygen atoms in total. The molecule has 18 heavy (non-hydrogen) atoms. The Morgan fingerprint density at radius 1 is 1.28 bits per heavy atom. The van der Waals surface area contributed by atoms with Gasteiger partial charge < -0.3 is 5.11 Å². The Balaban J connectivity index is 2.86. The Kier molecular flexibility index (Phi) is 4.91. The molecule has 3 heteroatoms. The molecular weight excluding hydrogens is 226 g/mol. The topological polar surface area (TPSA) is 49.3 Å². The first-order chi connectivity index (χ1) is 8.29. The van der Waals surface area contributed by atoms with Crippen LogP contribution >= 0.6 is 0 Å². The highest BCUT2D eigenvalue weighted by Gasteiger charge is 2.23. The third-order valence-electron chi connectivity index (χ3n) is 2.84. The number of carboxylic acids is 1. The van der Waals surface area contributed by atoms with Gasteiger partial charge >= 0.3 is 5.97 Å². The number of hydrogen-bond acceptors (Lipinski definition) is 2. The third kappa shape index (κ3) is 4.88. The van der Waals surface area contributed by atoms with Gasteiger partial charge in [0.2, 0.25) is 0 Å². The fourth-order valence-corrected chi connectivity index (χ4v) is 1.94. The predicted molar refractivity (Wildman–Crippen MR) is 73.5 cm³/mol. The van der Waals surface area contributed by atoms with Crippen LogP contribution in [0.15, 0.2) is 30.3 Å². The van der Waals surface area contributed by atoms with E-state index in [1.54, 1.807) is 6.92 Å². The lowest BCUT2D eigenvalue weighted by molar-refractivity contribution is -0.139. The van der Waals surface area contributed by atoms with Gasteiger partial charge in [-0.1, -0.05) is 51.1 Å². The summed E-state index contributed by atoms with van der Waals surface area (Å²) in [6, 6.07) is 9.54. The van der Waals surface area contributed by atoms with E-state index >= 15 is 0 Å². The molecule has 0 bridgehead atoms. The number of carbonyl (C=O) groups is 1. The minimum absolute atomic E-state index is 0.0669. The van der Waals surface area contributed by atoms with Gasteiger partial charge in [0, 0.05) is 6.04 Å². The van der Waals surface area contributed by atoms with Crippen molar-refractivity contribution in [2.24, 2.45) is 5.41 Å². The molecule has 0 aliphatic rings. The van der Waals surface area contributed by atoms with Gasteiger partial charge in [0.05, 0.1) is 0 Å². The highest BCUT2D eigenvalue weighted by atomic mass is 16.4. The number of aliphatic carboxylic acids is 1. The first-order valence-corrected chi connectivity index (χ1v) is 6.33. The monoisotopic (exact) mass is 249 g/mol. The quantitative estimate of drug-likeness (QED) is 0.842. The van der Waals surface area contributed by atoms with E-state index in [4.69, 9.17) is 5.11 Å². The summed E-state index contributed by atoms with van der Waals surface area (Å²) in [5.74, 6) is -0.815. The zero-order chi connectivity index (χ0) is 13.8. The van der Waals surface area contributed by atoms with Crippen molar-refractivity contribution in [3.8, 4) is 0 Å². The van der Waals surface area contributed by atoms with Crippen molar-refractivity contribution in [1.82, 2.24) is 5.32 Å². The van der Waals surface area contributed by atoms with Gasteiger partial charge in [0.25, 0.3) is 0 Å². The van der Waals surface area contributed by atoms with E-state index < -0.39 is 12.0 Å². The van der Waals surface area contributed by atoms with Crippen LogP contribution in [-0.2, 0) is 4.79 Å². The van der Waals surface area contributed by atoms with Crippen LogP contribution in [0.3, 0.4) is 0 Å². The number of carboxylic acid groups (broad SMARTS) is 1. The van der Waals surface area contributed by atoms with Gasteiger partial charge in [-0.05, 0) is 24.3 Å². The first kappa shape index (κ1) is 14.7. The Hall–Kier alpha value is -1.35. The van der Waals surface area contributed by atoms with E-state index in [0.29, 0.717) is 0 Å². The van der Waals surface area contributed by atoms with Crippen molar-refractivity contribution in [3.05, 3.63) is 35.9 Å². The highest BCUT2D eigenvalue weighted by molar-refractivity contribution is 5.72. The number of hydrogen-bond donors (Lipinski definition) is 2. The van der Waals surface area contributed by atoms with E-state index in [1.165, 1.54) is 0 Å². The maximum Gasteiger partial charge on any atom is 0.320 e. The van der Waals surface area contributed by atoms with Crippen molar-refractivity contribution in [1.29, 1.82) is 0 Å². The van der Waals surface area contributed by atoms with Gasteiger partial charge in [0.15, 0.2) is 0 Å². The van der Waals surface area contributed by atoms with E-state index in [-0.39, 0.29) is 11.5 Å². The molecule has 1 aromatic rings. The molecule has 0 aromatic heterocycles. The second kappa shape index (κ2) is 6.01. The molecule has 2 N–H and O–H groups in total.